The lowest BCUT2D eigenvalue weighted by atomic mass is 9.95. The van der Waals surface area contributed by atoms with Gasteiger partial charge in [0.2, 0.25) is 6.79 Å². The zero-order valence-electron chi connectivity index (χ0n) is 12.2. The van der Waals surface area contributed by atoms with Gasteiger partial charge in [-0.2, -0.15) is 0 Å². The van der Waals surface area contributed by atoms with Crippen molar-refractivity contribution in [3.63, 3.8) is 0 Å². The van der Waals surface area contributed by atoms with Crippen molar-refractivity contribution in [3.8, 4) is 11.5 Å². The van der Waals surface area contributed by atoms with E-state index >= 15 is 0 Å². The standard InChI is InChI=1S/C16H21NO4/c1-11(17-6-2-3-13(9-17)16(18)19)7-12-4-5-14-15(8-12)21-10-20-14/h4-5,8,11,13H,2-3,6-7,9-10H2,1H3,(H,18,19). The van der Waals surface area contributed by atoms with Crippen molar-refractivity contribution in [2.24, 2.45) is 5.92 Å². The second kappa shape index (κ2) is 5.93. The number of piperidine rings is 1. The predicted octanol–water partition coefficient (Wildman–Crippen LogP) is 2.14. The minimum atomic E-state index is -0.671. The zero-order valence-corrected chi connectivity index (χ0v) is 12.2. The van der Waals surface area contributed by atoms with Crippen LogP contribution in [-0.4, -0.2) is 41.9 Å². The number of carboxylic acids is 1. The van der Waals surface area contributed by atoms with Crippen LogP contribution in [0.4, 0.5) is 0 Å². The normalized spacial score (nSPS) is 23.0. The highest BCUT2D eigenvalue weighted by Gasteiger charge is 2.28. The monoisotopic (exact) mass is 291 g/mol. The Hall–Kier alpha value is -1.75. The topological polar surface area (TPSA) is 59.0 Å². The maximum Gasteiger partial charge on any atom is 0.307 e. The molecule has 5 heteroatoms. The molecular formula is C16H21NO4. The van der Waals surface area contributed by atoms with Crippen LogP contribution in [0.25, 0.3) is 0 Å². The fraction of sp³-hybridized carbons (Fsp3) is 0.562. The van der Waals surface area contributed by atoms with Crippen LogP contribution >= 0.6 is 0 Å². The fourth-order valence-corrected chi connectivity index (χ4v) is 3.15. The minimum absolute atomic E-state index is 0.224. The van der Waals surface area contributed by atoms with Gasteiger partial charge in [0.25, 0.3) is 0 Å². The molecule has 5 nitrogen and oxygen atoms in total. The smallest absolute Gasteiger partial charge is 0.307 e. The molecule has 2 atom stereocenters. The highest BCUT2D eigenvalue weighted by Crippen LogP contribution is 2.33. The van der Waals surface area contributed by atoms with Crippen LogP contribution in [0.1, 0.15) is 25.3 Å². The van der Waals surface area contributed by atoms with E-state index in [2.05, 4.69) is 17.9 Å². The minimum Gasteiger partial charge on any atom is -0.481 e. The van der Waals surface area contributed by atoms with Gasteiger partial charge in [0.05, 0.1) is 5.92 Å². The quantitative estimate of drug-likeness (QED) is 0.921. The van der Waals surface area contributed by atoms with E-state index in [1.165, 1.54) is 5.56 Å². The van der Waals surface area contributed by atoms with Gasteiger partial charge in [-0.3, -0.25) is 9.69 Å². The Morgan fingerprint density at radius 2 is 2.24 bits per heavy atom. The van der Waals surface area contributed by atoms with Gasteiger partial charge in [-0.15, -0.1) is 0 Å². The van der Waals surface area contributed by atoms with Crippen molar-refractivity contribution < 1.29 is 19.4 Å². The van der Waals surface area contributed by atoms with Crippen LogP contribution in [0.2, 0.25) is 0 Å². The summed E-state index contributed by atoms with van der Waals surface area (Å²) in [6.45, 7) is 4.09. The molecule has 0 bridgehead atoms. The molecule has 3 rings (SSSR count). The Labute approximate surface area is 124 Å². The van der Waals surface area contributed by atoms with Gasteiger partial charge >= 0.3 is 5.97 Å². The van der Waals surface area contributed by atoms with Crippen LogP contribution in [-0.2, 0) is 11.2 Å². The van der Waals surface area contributed by atoms with Crippen molar-refractivity contribution in [1.29, 1.82) is 0 Å². The van der Waals surface area contributed by atoms with Crippen molar-refractivity contribution in [3.05, 3.63) is 23.8 Å². The molecule has 2 aliphatic rings. The Morgan fingerprint density at radius 3 is 3.05 bits per heavy atom. The van der Waals surface area contributed by atoms with Gasteiger partial charge < -0.3 is 14.6 Å². The number of carbonyl (C=O) groups is 1. The number of benzene rings is 1. The second-order valence-corrected chi connectivity index (χ2v) is 5.91. The van der Waals surface area contributed by atoms with Crippen molar-refractivity contribution in [2.45, 2.75) is 32.2 Å². The Bertz CT molecular complexity index is 531. The average molecular weight is 291 g/mol. The van der Waals surface area contributed by atoms with Gasteiger partial charge in [0, 0.05) is 12.6 Å². The van der Waals surface area contributed by atoms with Crippen LogP contribution in [0, 0.1) is 5.92 Å². The predicted molar refractivity (Wildman–Crippen MR) is 77.7 cm³/mol. The molecule has 1 aromatic rings. The molecule has 0 aromatic heterocycles. The van der Waals surface area contributed by atoms with E-state index in [-0.39, 0.29) is 5.92 Å². The lowest BCUT2D eigenvalue weighted by Gasteiger charge is -2.35. The van der Waals surface area contributed by atoms with E-state index in [0.717, 1.165) is 37.3 Å². The number of rotatable bonds is 4. The summed E-state index contributed by atoms with van der Waals surface area (Å²) in [7, 11) is 0. The van der Waals surface area contributed by atoms with Crippen LogP contribution in [0.5, 0.6) is 11.5 Å². The summed E-state index contributed by atoms with van der Waals surface area (Å²) in [5.41, 5.74) is 1.20. The summed E-state index contributed by atoms with van der Waals surface area (Å²) in [6, 6.07) is 6.35. The first-order valence-corrected chi connectivity index (χ1v) is 7.49. The van der Waals surface area contributed by atoms with Crippen LogP contribution < -0.4 is 9.47 Å². The number of ether oxygens (including phenoxy) is 2. The maximum atomic E-state index is 11.2. The molecule has 1 fully saturated rings. The van der Waals surface area contributed by atoms with Gasteiger partial charge in [-0.1, -0.05) is 6.07 Å². The summed E-state index contributed by atoms with van der Waals surface area (Å²) < 4.78 is 10.7. The molecule has 2 heterocycles. The Balaban J connectivity index is 1.63. The summed E-state index contributed by atoms with van der Waals surface area (Å²) in [4.78, 5) is 13.4. The molecule has 1 aromatic carbocycles. The first kappa shape index (κ1) is 14.2. The number of aliphatic carboxylic acids is 1. The van der Waals surface area contributed by atoms with Gasteiger partial charge in [-0.25, -0.2) is 0 Å². The molecule has 0 spiro atoms. The van der Waals surface area contributed by atoms with E-state index in [9.17, 15) is 9.90 Å². The van der Waals surface area contributed by atoms with E-state index < -0.39 is 5.97 Å². The first-order valence-electron chi connectivity index (χ1n) is 7.49. The zero-order chi connectivity index (χ0) is 14.8. The van der Waals surface area contributed by atoms with E-state index in [1.54, 1.807) is 0 Å². The SMILES string of the molecule is CC(Cc1ccc2c(c1)OCO2)N1CCCC(C(=O)O)C1. The third-order valence-corrected chi connectivity index (χ3v) is 4.39. The summed E-state index contributed by atoms with van der Waals surface area (Å²) in [5, 5.41) is 9.18. The molecule has 114 valence electrons. The molecular weight excluding hydrogens is 270 g/mol. The number of carboxylic acid groups (broad SMARTS) is 1. The van der Waals surface area contributed by atoms with Crippen molar-refractivity contribution >= 4 is 5.97 Å². The third-order valence-electron chi connectivity index (χ3n) is 4.39. The van der Waals surface area contributed by atoms with E-state index in [0.29, 0.717) is 19.4 Å². The number of hydrogen-bond acceptors (Lipinski definition) is 4. The molecule has 21 heavy (non-hydrogen) atoms. The molecule has 0 amide bonds. The molecule has 0 radical (unpaired) electrons. The molecule has 0 saturated carbocycles. The summed E-state index contributed by atoms with van der Waals surface area (Å²) in [6.07, 6.45) is 2.65. The van der Waals surface area contributed by atoms with Crippen LogP contribution in [0.15, 0.2) is 18.2 Å². The van der Waals surface area contributed by atoms with E-state index in [1.807, 2.05) is 12.1 Å². The molecule has 2 unspecified atom stereocenters. The largest absolute Gasteiger partial charge is 0.481 e. The Kier molecular flexibility index (Phi) is 4.01. The third kappa shape index (κ3) is 3.13. The highest BCUT2D eigenvalue weighted by atomic mass is 16.7. The number of hydrogen-bond donors (Lipinski definition) is 1. The highest BCUT2D eigenvalue weighted by molar-refractivity contribution is 5.70. The fourth-order valence-electron chi connectivity index (χ4n) is 3.15. The number of fused-ring (bicyclic) bond motifs is 1. The molecule has 1 saturated heterocycles. The molecule has 1 N–H and O–H groups in total. The average Bonchev–Trinajstić information content (AvgIpc) is 2.95. The number of likely N-dealkylation sites (tertiary alicyclic amines) is 1. The van der Waals surface area contributed by atoms with Gasteiger partial charge in [0.1, 0.15) is 0 Å². The summed E-state index contributed by atoms with van der Waals surface area (Å²) in [5.74, 6) is 0.713. The van der Waals surface area contributed by atoms with Gasteiger partial charge in [-0.05, 0) is 50.4 Å². The molecule has 0 aliphatic carbocycles. The number of nitrogens with zero attached hydrogens (tertiary/aromatic N) is 1. The summed E-state index contributed by atoms with van der Waals surface area (Å²) >= 11 is 0. The lowest BCUT2D eigenvalue weighted by Crippen LogP contribution is -2.44. The second-order valence-electron chi connectivity index (χ2n) is 5.91. The van der Waals surface area contributed by atoms with E-state index in [4.69, 9.17) is 9.47 Å². The van der Waals surface area contributed by atoms with Gasteiger partial charge in [0.15, 0.2) is 11.5 Å². The van der Waals surface area contributed by atoms with Crippen molar-refractivity contribution in [2.75, 3.05) is 19.9 Å². The Morgan fingerprint density at radius 1 is 1.43 bits per heavy atom. The van der Waals surface area contributed by atoms with Crippen LogP contribution in [0.3, 0.4) is 0 Å². The lowest BCUT2D eigenvalue weighted by molar-refractivity contribution is -0.143. The maximum absolute atomic E-state index is 11.2. The van der Waals surface area contributed by atoms with Crippen molar-refractivity contribution in [1.82, 2.24) is 4.90 Å². The first-order chi connectivity index (χ1) is 10.1. The molecule has 2 aliphatic heterocycles.